The first-order valence-electron chi connectivity index (χ1n) is 9.49. The lowest BCUT2D eigenvalue weighted by Crippen LogP contribution is -2.20. The Morgan fingerprint density at radius 1 is 1.10 bits per heavy atom. The van der Waals surface area contributed by atoms with E-state index in [0.29, 0.717) is 17.7 Å². The standard InChI is InChI=1S/C24H22FN3O2/c1-26-22-10-9-21(25)13-20(22)14-23(29)19-7-4-18(5-8-19)16-28-24(30)11-6-17-3-2-12-27-15-17/h2-13,15,26H,14,16H2,1H3,(H,28,30)/b11-6+. The van der Waals surface area contributed by atoms with Crippen molar-refractivity contribution < 1.29 is 14.0 Å². The van der Waals surface area contributed by atoms with Crippen LogP contribution in [0.5, 0.6) is 0 Å². The Balaban J connectivity index is 1.56. The predicted octanol–water partition coefficient (Wildman–Crippen LogP) is 4.02. The molecule has 30 heavy (non-hydrogen) atoms. The van der Waals surface area contributed by atoms with Crippen LogP contribution >= 0.6 is 0 Å². The van der Waals surface area contributed by atoms with Crippen LogP contribution in [0.2, 0.25) is 0 Å². The van der Waals surface area contributed by atoms with Gasteiger partial charge in [0.15, 0.2) is 5.78 Å². The lowest BCUT2D eigenvalue weighted by molar-refractivity contribution is -0.116. The molecule has 0 radical (unpaired) electrons. The zero-order valence-electron chi connectivity index (χ0n) is 16.6. The van der Waals surface area contributed by atoms with Gasteiger partial charge in [-0.1, -0.05) is 30.3 Å². The molecular formula is C24H22FN3O2. The molecule has 2 aromatic carbocycles. The minimum Gasteiger partial charge on any atom is -0.388 e. The lowest BCUT2D eigenvalue weighted by atomic mass is 10.0. The van der Waals surface area contributed by atoms with E-state index in [4.69, 9.17) is 0 Å². The van der Waals surface area contributed by atoms with Crippen molar-refractivity contribution in [2.75, 3.05) is 12.4 Å². The molecule has 0 atom stereocenters. The van der Waals surface area contributed by atoms with Gasteiger partial charge in [-0.3, -0.25) is 14.6 Å². The number of rotatable bonds is 8. The van der Waals surface area contributed by atoms with Gasteiger partial charge in [-0.05, 0) is 47.0 Å². The molecule has 0 aliphatic carbocycles. The fourth-order valence-corrected chi connectivity index (χ4v) is 2.93. The van der Waals surface area contributed by atoms with E-state index in [2.05, 4.69) is 15.6 Å². The number of Topliss-reactive ketones (excluding diaryl/α,β-unsaturated/α-hetero) is 1. The molecule has 1 amide bonds. The van der Waals surface area contributed by atoms with Crippen molar-refractivity contribution in [3.8, 4) is 0 Å². The molecule has 1 aromatic heterocycles. The van der Waals surface area contributed by atoms with Crippen molar-refractivity contribution in [3.05, 3.63) is 101 Å². The highest BCUT2D eigenvalue weighted by Gasteiger charge is 2.11. The second-order valence-electron chi connectivity index (χ2n) is 6.69. The van der Waals surface area contributed by atoms with E-state index >= 15 is 0 Å². The zero-order valence-corrected chi connectivity index (χ0v) is 16.6. The third-order valence-corrected chi connectivity index (χ3v) is 4.54. The van der Waals surface area contributed by atoms with Crippen molar-refractivity contribution in [2.24, 2.45) is 0 Å². The summed E-state index contributed by atoms with van der Waals surface area (Å²) in [5, 5.41) is 5.77. The summed E-state index contributed by atoms with van der Waals surface area (Å²) in [5.74, 6) is -0.697. The molecule has 0 aliphatic heterocycles. The van der Waals surface area contributed by atoms with Crippen molar-refractivity contribution >= 4 is 23.5 Å². The number of benzene rings is 2. The van der Waals surface area contributed by atoms with E-state index in [1.807, 2.05) is 6.07 Å². The Kier molecular flexibility index (Phi) is 7.05. The molecule has 0 saturated carbocycles. The normalized spacial score (nSPS) is 10.7. The Hall–Kier alpha value is -3.80. The monoisotopic (exact) mass is 403 g/mol. The van der Waals surface area contributed by atoms with Crippen molar-refractivity contribution in [1.29, 1.82) is 0 Å². The second kappa shape index (κ2) is 10.1. The Morgan fingerprint density at radius 2 is 1.90 bits per heavy atom. The molecule has 3 rings (SSSR count). The Labute approximate surface area is 174 Å². The average Bonchev–Trinajstić information content (AvgIpc) is 2.77. The molecule has 5 nitrogen and oxygen atoms in total. The van der Waals surface area contributed by atoms with Gasteiger partial charge in [0.05, 0.1) is 0 Å². The van der Waals surface area contributed by atoms with Crippen LogP contribution in [0.4, 0.5) is 10.1 Å². The van der Waals surface area contributed by atoms with Crippen molar-refractivity contribution in [2.45, 2.75) is 13.0 Å². The number of ketones is 1. The highest BCUT2D eigenvalue weighted by Crippen LogP contribution is 2.19. The fraction of sp³-hybridized carbons (Fsp3) is 0.125. The number of halogens is 1. The summed E-state index contributed by atoms with van der Waals surface area (Å²) in [4.78, 5) is 28.5. The maximum atomic E-state index is 13.5. The third-order valence-electron chi connectivity index (χ3n) is 4.54. The van der Waals surface area contributed by atoms with E-state index in [1.54, 1.807) is 61.9 Å². The fourth-order valence-electron chi connectivity index (χ4n) is 2.93. The summed E-state index contributed by atoms with van der Waals surface area (Å²) in [6, 6.07) is 15.0. The van der Waals surface area contributed by atoms with Gasteiger partial charge in [-0.2, -0.15) is 0 Å². The minimum absolute atomic E-state index is 0.100. The van der Waals surface area contributed by atoms with E-state index in [0.717, 1.165) is 16.8 Å². The summed E-state index contributed by atoms with van der Waals surface area (Å²) in [7, 11) is 1.73. The van der Waals surface area contributed by atoms with Crippen molar-refractivity contribution in [1.82, 2.24) is 10.3 Å². The van der Waals surface area contributed by atoms with Gasteiger partial charge in [0, 0.05) is 49.7 Å². The summed E-state index contributed by atoms with van der Waals surface area (Å²) in [5.41, 5.74) is 3.59. The van der Waals surface area contributed by atoms with Gasteiger partial charge in [-0.25, -0.2) is 4.39 Å². The number of pyridine rings is 1. The quantitative estimate of drug-likeness (QED) is 0.440. The van der Waals surface area contributed by atoms with E-state index < -0.39 is 0 Å². The SMILES string of the molecule is CNc1ccc(F)cc1CC(=O)c1ccc(CNC(=O)/C=C/c2cccnc2)cc1. The summed E-state index contributed by atoms with van der Waals surface area (Å²) in [6.07, 6.45) is 6.58. The van der Waals surface area contributed by atoms with E-state index in [9.17, 15) is 14.0 Å². The van der Waals surface area contributed by atoms with Gasteiger partial charge >= 0.3 is 0 Å². The van der Waals surface area contributed by atoms with Gasteiger partial charge in [0.25, 0.3) is 0 Å². The molecule has 0 bridgehead atoms. The number of hydrogen-bond acceptors (Lipinski definition) is 4. The number of aromatic nitrogens is 1. The highest BCUT2D eigenvalue weighted by atomic mass is 19.1. The number of anilines is 1. The van der Waals surface area contributed by atoms with Crippen LogP contribution < -0.4 is 10.6 Å². The first kappa shape index (κ1) is 20.9. The third kappa shape index (κ3) is 5.85. The topological polar surface area (TPSA) is 71.1 Å². The van der Waals surface area contributed by atoms with Crippen LogP contribution in [-0.2, 0) is 17.8 Å². The maximum Gasteiger partial charge on any atom is 0.244 e. The van der Waals surface area contributed by atoms with Gasteiger partial charge in [-0.15, -0.1) is 0 Å². The van der Waals surface area contributed by atoms with Crippen LogP contribution in [0, 0.1) is 5.82 Å². The predicted molar refractivity (Wildman–Crippen MR) is 116 cm³/mol. The van der Waals surface area contributed by atoms with E-state index in [1.165, 1.54) is 18.2 Å². The smallest absolute Gasteiger partial charge is 0.244 e. The Bertz CT molecular complexity index is 1050. The summed E-state index contributed by atoms with van der Waals surface area (Å²) in [6.45, 7) is 0.346. The number of nitrogens with one attached hydrogen (secondary N) is 2. The molecular weight excluding hydrogens is 381 g/mol. The molecule has 1 heterocycles. The molecule has 0 unspecified atom stereocenters. The minimum atomic E-state index is -0.375. The second-order valence-corrected chi connectivity index (χ2v) is 6.69. The maximum absolute atomic E-state index is 13.5. The van der Waals surface area contributed by atoms with Gasteiger partial charge in [0.1, 0.15) is 5.82 Å². The number of nitrogens with zero attached hydrogens (tertiary/aromatic N) is 1. The first-order chi connectivity index (χ1) is 14.5. The lowest BCUT2D eigenvalue weighted by Gasteiger charge is -2.09. The first-order valence-corrected chi connectivity index (χ1v) is 9.49. The number of carbonyl (C=O) groups is 2. The molecule has 0 aliphatic rings. The van der Waals surface area contributed by atoms with Crippen LogP contribution in [0.3, 0.4) is 0 Å². The number of hydrogen-bond donors (Lipinski definition) is 2. The molecule has 6 heteroatoms. The molecule has 3 aromatic rings. The van der Waals surface area contributed by atoms with Crippen LogP contribution in [-0.4, -0.2) is 23.7 Å². The highest BCUT2D eigenvalue weighted by molar-refractivity contribution is 5.98. The Morgan fingerprint density at radius 3 is 2.60 bits per heavy atom. The summed E-state index contributed by atoms with van der Waals surface area (Å²) >= 11 is 0. The summed E-state index contributed by atoms with van der Waals surface area (Å²) < 4.78 is 13.5. The van der Waals surface area contributed by atoms with Crippen molar-refractivity contribution in [3.63, 3.8) is 0 Å². The zero-order chi connectivity index (χ0) is 21.3. The van der Waals surface area contributed by atoms with E-state index in [-0.39, 0.29) is 23.9 Å². The largest absolute Gasteiger partial charge is 0.388 e. The average molecular weight is 403 g/mol. The molecule has 152 valence electrons. The van der Waals surface area contributed by atoms with Gasteiger partial charge < -0.3 is 10.6 Å². The number of amides is 1. The van der Waals surface area contributed by atoms with Crippen LogP contribution in [0.25, 0.3) is 6.08 Å². The number of carbonyl (C=O) groups excluding carboxylic acids is 2. The van der Waals surface area contributed by atoms with Crippen LogP contribution in [0.15, 0.2) is 73.1 Å². The van der Waals surface area contributed by atoms with Gasteiger partial charge in [0.2, 0.25) is 5.91 Å². The molecule has 2 N–H and O–H groups in total. The van der Waals surface area contributed by atoms with Crippen LogP contribution in [0.1, 0.15) is 27.0 Å². The molecule has 0 fully saturated rings. The molecule has 0 saturated heterocycles. The molecule has 0 spiro atoms.